The number of carbonyl (C=O) groups is 1. The van der Waals surface area contributed by atoms with Crippen molar-refractivity contribution < 1.29 is 9.32 Å². The van der Waals surface area contributed by atoms with Gasteiger partial charge in [0.05, 0.1) is 23.2 Å². The van der Waals surface area contributed by atoms with Crippen LogP contribution in [0.25, 0.3) is 0 Å². The van der Waals surface area contributed by atoms with Gasteiger partial charge in [-0.25, -0.2) is 0 Å². The normalized spacial score (nSPS) is 16.6. The fraction of sp³-hybridized carbons (Fsp3) is 0.333. The Morgan fingerprint density at radius 3 is 2.79 bits per heavy atom. The molecule has 0 saturated carbocycles. The van der Waals surface area contributed by atoms with Crippen LogP contribution in [0.15, 0.2) is 46.1 Å². The van der Waals surface area contributed by atoms with Gasteiger partial charge in [0, 0.05) is 18.3 Å². The number of nitrogens with zero attached hydrogens (tertiary/aromatic N) is 3. The van der Waals surface area contributed by atoms with Gasteiger partial charge in [-0.3, -0.25) is 4.79 Å². The summed E-state index contributed by atoms with van der Waals surface area (Å²) in [6.07, 6.45) is 0. The van der Waals surface area contributed by atoms with Crippen molar-refractivity contribution >= 4 is 29.1 Å². The summed E-state index contributed by atoms with van der Waals surface area (Å²) in [5, 5.41) is 19.7. The second kappa shape index (κ2) is 8.45. The molecule has 150 valence electrons. The summed E-state index contributed by atoms with van der Waals surface area (Å²) in [6, 6.07) is 10.5. The van der Waals surface area contributed by atoms with Crippen molar-refractivity contribution in [3.8, 4) is 6.07 Å². The summed E-state index contributed by atoms with van der Waals surface area (Å²) in [5.41, 5.74) is 2.60. The van der Waals surface area contributed by atoms with E-state index in [1.165, 1.54) is 0 Å². The molecule has 1 aromatic carbocycles. The van der Waals surface area contributed by atoms with Crippen molar-refractivity contribution in [3.63, 3.8) is 0 Å². The minimum atomic E-state index is -0.479. The van der Waals surface area contributed by atoms with E-state index in [0.29, 0.717) is 40.3 Å². The maximum Gasteiger partial charge on any atom is 0.257 e. The van der Waals surface area contributed by atoms with Gasteiger partial charge in [0.15, 0.2) is 10.9 Å². The Morgan fingerprint density at radius 2 is 2.17 bits per heavy atom. The van der Waals surface area contributed by atoms with Crippen LogP contribution in [-0.4, -0.2) is 27.6 Å². The van der Waals surface area contributed by atoms with Crippen molar-refractivity contribution in [1.29, 1.82) is 5.26 Å². The summed E-state index contributed by atoms with van der Waals surface area (Å²) < 4.78 is 5.05. The zero-order valence-electron chi connectivity index (χ0n) is 16.8. The number of allylic oxidation sites excluding steroid dienone is 1. The quantitative estimate of drug-likeness (QED) is 0.728. The molecule has 0 radical (unpaired) electrons. The molecule has 1 aliphatic rings. The molecule has 8 heteroatoms. The highest BCUT2D eigenvalue weighted by molar-refractivity contribution is 7.80. The van der Waals surface area contributed by atoms with Gasteiger partial charge in [-0.05, 0) is 49.7 Å². The highest BCUT2D eigenvalue weighted by atomic mass is 32.1. The summed E-state index contributed by atoms with van der Waals surface area (Å²) >= 11 is 5.59. The number of aryl methyl sites for hydroxylation is 1. The summed E-state index contributed by atoms with van der Waals surface area (Å²) in [7, 11) is 0. The molecule has 1 aromatic heterocycles. The lowest BCUT2D eigenvalue weighted by Gasteiger charge is -2.38. The number of hydrogen-bond acceptors (Lipinski definition) is 5. The lowest BCUT2D eigenvalue weighted by molar-refractivity contribution is -0.113. The Bertz CT molecular complexity index is 1020. The highest BCUT2D eigenvalue weighted by Gasteiger charge is 2.34. The third kappa shape index (κ3) is 4.46. The SMILES string of the molecule is CC1=C(C(=O)Nc2cc(C)on2)C(c2cccc(C#N)c2)NC(=S)N1CC(C)C. The van der Waals surface area contributed by atoms with Crippen LogP contribution in [0.4, 0.5) is 5.82 Å². The lowest BCUT2D eigenvalue weighted by Crippen LogP contribution is -2.49. The summed E-state index contributed by atoms with van der Waals surface area (Å²) in [5.74, 6) is 1.01. The number of anilines is 1. The summed E-state index contributed by atoms with van der Waals surface area (Å²) in [6.45, 7) is 8.52. The second-order valence-corrected chi connectivity index (χ2v) is 7.79. The van der Waals surface area contributed by atoms with Gasteiger partial charge in [0.2, 0.25) is 0 Å². The Kier molecular flexibility index (Phi) is 5.99. The lowest BCUT2D eigenvalue weighted by atomic mass is 9.93. The molecule has 0 spiro atoms. The minimum Gasteiger partial charge on any atom is -0.360 e. The van der Waals surface area contributed by atoms with E-state index in [2.05, 4.69) is 35.7 Å². The molecule has 7 nitrogen and oxygen atoms in total. The number of rotatable bonds is 5. The molecular formula is C21H23N5O2S. The fourth-order valence-corrected chi connectivity index (χ4v) is 3.64. The van der Waals surface area contributed by atoms with E-state index < -0.39 is 6.04 Å². The molecule has 0 bridgehead atoms. The van der Waals surface area contributed by atoms with E-state index in [-0.39, 0.29) is 5.91 Å². The standard InChI is InChI=1S/C21H23N5O2S/c1-12(2)11-26-14(4)18(20(27)23-17-8-13(3)28-25-17)19(24-21(26)29)16-7-5-6-15(9-16)10-22/h5-9,12,19H,11H2,1-4H3,(H,24,29)(H,23,25,27). The van der Waals surface area contributed by atoms with Crippen LogP contribution in [0.5, 0.6) is 0 Å². The maximum atomic E-state index is 13.2. The van der Waals surface area contributed by atoms with Crippen LogP contribution >= 0.6 is 12.2 Å². The number of carbonyl (C=O) groups excluding carboxylic acids is 1. The van der Waals surface area contributed by atoms with Gasteiger partial charge in [-0.1, -0.05) is 31.1 Å². The maximum absolute atomic E-state index is 13.2. The highest BCUT2D eigenvalue weighted by Crippen LogP contribution is 2.32. The van der Waals surface area contributed by atoms with Crippen molar-refractivity contribution in [2.24, 2.45) is 5.92 Å². The third-order valence-corrected chi connectivity index (χ3v) is 4.95. The van der Waals surface area contributed by atoms with Crippen LogP contribution in [0.2, 0.25) is 0 Å². The first kappa shape index (κ1) is 20.6. The summed E-state index contributed by atoms with van der Waals surface area (Å²) in [4.78, 5) is 15.2. The molecule has 0 aliphatic carbocycles. The third-order valence-electron chi connectivity index (χ3n) is 4.61. The zero-order chi connectivity index (χ0) is 21.1. The first-order valence-corrected chi connectivity index (χ1v) is 9.74. The van der Waals surface area contributed by atoms with E-state index in [1.807, 2.05) is 17.9 Å². The Balaban J connectivity index is 2.05. The van der Waals surface area contributed by atoms with Crippen molar-refractivity contribution in [3.05, 3.63) is 58.5 Å². The molecule has 0 fully saturated rings. The molecule has 1 aliphatic heterocycles. The first-order chi connectivity index (χ1) is 13.8. The van der Waals surface area contributed by atoms with Crippen LogP contribution < -0.4 is 10.6 Å². The van der Waals surface area contributed by atoms with Gasteiger partial charge >= 0.3 is 0 Å². The van der Waals surface area contributed by atoms with Gasteiger partial charge in [0.25, 0.3) is 5.91 Å². The van der Waals surface area contributed by atoms with E-state index in [1.54, 1.807) is 31.2 Å². The fourth-order valence-electron chi connectivity index (χ4n) is 3.31. The first-order valence-electron chi connectivity index (χ1n) is 9.33. The molecule has 2 N–H and O–H groups in total. The Labute approximate surface area is 175 Å². The minimum absolute atomic E-state index is 0.299. The van der Waals surface area contributed by atoms with Crippen molar-refractivity contribution in [1.82, 2.24) is 15.4 Å². The molecule has 2 aromatic rings. The number of amides is 1. The average molecular weight is 410 g/mol. The topological polar surface area (TPSA) is 94.2 Å². The number of hydrogen-bond donors (Lipinski definition) is 2. The number of thiocarbonyl (C=S) groups is 1. The molecule has 0 saturated heterocycles. The van der Waals surface area contributed by atoms with E-state index >= 15 is 0 Å². The van der Waals surface area contributed by atoms with Crippen molar-refractivity contribution in [2.75, 3.05) is 11.9 Å². The van der Waals surface area contributed by atoms with Crippen LogP contribution in [0.1, 0.15) is 43.7 Å². The van der Waals surface area contributed by atoms with Crippen LogP contribution in [-0.2, 0) is 4.79 Å². The second-order valence-electron chi connectivity index (χ2n) is 7.40. The Hall–Kier alpha value is -3.18. The predicted molar refractivity (Wildman–Crippen MR) is 114 cm³/mol. The largest absolute Gasteiger partial charge is 0.360 e. The molecule has 1 atom stereocenters. The average Bonchev–Trinajstić information content (AvgIpc) is 3.09. The van der Waals surface area contributed by atoms with E-state index in [9.17, 15) is 10.1 Å². The van der Waals surface area contributed by atoms with Crippen LogP contribution in [0, 0.1) is 24.2 Å². The molecule has 29 heavy (non-hydrogen) atoms. The molecule has 1 unspecified atom stereocenters. The number of nitriles is 1. The smallest absolute Gasteiger partial charge is 0.257 e. The Morgan fingerprint density at radius 1 is 1.41 bits per heavy atom. The molecule has 3 rings (SSSR count). The van der Waals surface area contributed by atoms with Crippen LogP contribution in [0.3, 0.4) is 0 Å². The van der Waals surface area contributed by atoms with E-state index in [0.717, 1.165) is 11.3 Å². The zero-order valence-corrected chi connectivity index (χ0v) is 17.6. The number of nitrogens with one attached hydrogen (secondary N) is 2. The molecular weight excluding hydrogens is 386 g/mol. The van der Waals surface area contributed by atoms with Gasteiger partial charge in [0.1, 0.15) is 5.76 Å². The molecule has 2 heterocycles. The number of benzene rings is 1. The van der Waals surface area contributed by atoms with Crippen molar-refractivity contribution in [2.45, 2.75) is 33.7 Å². The predicted octanol–water partition coefficient (Wildman–Crippen LogP) is 3.65. The number of aromatic nitrogens is 1. The van der Waals surface area contributed by atoms with Gasteiger partial charge in [-0.15, -0.1) is 0 Å². The van der Waals surface area contributed by atoms with Gasteiger partial charge in [-0.2, -0.15) is 5.26 Å². The molecule has 1 amide bonds. The van der Waals surface area contributed by atoms with E-state index in [4.69, 9.17) is 16.7 Å². The van der Waals surface area contributed by atoms with Gasteiger partial charge < -0.3 is 20.1 Å². The monoisotopic (exact) mass is 409 g/mol.